The lowest BCUT2D eigenvalue weighted by Crippen LogP contribution is -2.27. The second kappa shape index (κ2) is 7.86. The molecule has 126 valence electrons. The van der Waals surface area contributed by atoms with Gasteiger partial charge >= 0.3 is 0 Å². The molecule has 0 fully saturated rings. The van der Waals surface area contributed by atoms with Gasteiger partial charge in [0.05, 0.1) is 6.04 Å². The van der Waals surface area contributed by atoms with Crippen LogP contribution in [0.4, 0.5) is 4.39 Å². The monoisotopic (exact) mass is 327 g/mol. The molecule has 0 radical (unpaired) electrons. The molecule has 4 heteroatoms. The first kappa shape index (κ1) is 17.9. The normalized spacial score (nSPS) is 11.8. The summed E-state index contributed by atoms with van der Waals surface area (Å²) in [4.78, 5) is 24.3. The quantitative estimate of drug-likeness (QED) is 0.805. The lowest BCUT2D eigenvalue weighted by Gasteiger charge is -2.14. The van der Waals surface area contributed by atoms with Crippen LogP contribution in [0.1, 0.15) is 52.9 Å². The molecule has 0 aliphatic rings. The molecule has 0 saturated heterocycles. The predicted octanol–water partition coefficient (Wildman–Crippen LogP) is 4.28. The van der Waals surface area contributed by atoms with Crippen LogP contribution >= 0.6 is 0 Å². The summed E-state index contributed by atoms with van der Waals surface area (Å²) in [5.74, 6) is -0.525. The number of carbonyl (C=O) groups excluding carboxylic acids is 2. The fraction of sp³-hybridized carbons (Fsp3) is 0.300. The maximum atomic E-state index is 12.9. The molecule has 0 spiro atoms. The van der Waals surface area contributed by atoms with Crippen LogP contribution in [0, 0.1) is 19.7 Å². The van der Waals surface area contributed by atoms with E-state index in [0.717, 1.165) is 16.7 Å². The summed E-state index contributed by atoms with van der Waals surface area (Å²) in [6.07, 6.45) is 0.310. The third-order valence-corrected chi connectivity index (χ3v) is 4.02. The van der Waals surface area contributed by atoms with E-state index in [4.69, 9.17) is 0 Å². The second-order valence-electron chi connectivity index (χ2n) is 6.08. The zero-order valence-corrected chi connectivity index (χ0v) is 14.2. The Morgan fingerprint density at radius 3 is 2.38 bits per heavy atom. The van der Waals surface area contributed by atoms with Crippen molar-refractivity contribution in [2.75, 3.05) is 0 Å². The van der Waals surface area contributed by atoms with Crippen LogP contribution < -0.4 is 5.32 Å². The van der Waals surface area contributed by atoms with Gasteiger partial charge in [0, 0.05) is 18.4 Å². The van der Waals surface area contributed by atoms with E-state index in [9.17, 15) is 14.0 Å². The molecule has 1 atom stereocenters. The van der Waals surface area contributed by atoms with Gasteiger partial charge in [-0.1, -0.05) is 29.8 Å². The van der Waals surface area contributed by atoms with Gasteiger partial charge in [-0.25, -0.2) is 4.39 Å². The lowest BCUT2D eigenvalue weighted by atomic mass is 9.99. The Bertz CT molecular complexity index is 738. The SMILES string of the molecule is Cc1ccc(C)c(C(=O)CCC(=O)NC(C)c2ccc(F)cc2)c1. The van der Waals surface area contributed by atoms with Crippen LogP contribution in [0.15, 0.2) is 42.5 Å². The van der Waals surface area contributed by atoms with E-state index < -0.39 is 0 Å². The largest absolute Gasteiger partial charge is 0.350 e. The predicted molar refractivity (Wildman–Crippen MR) is 92.4 cm³/mol. The summed E-state index contributed by atoms with van der Waals surface area (Å²) in [6, 6.07) is 11.5. The molecule has 1 amide bonds. The minimum atomic E-state index is -0.309. The summed E-state index contributed by atoms with van der Waals surface area (Å²) in [7, 11) is 0. The minimum absolute atomic E-state index is 0.0271. The Hall–Kier alpha value is -2.49. The van der Waals surface area contributed by atoms with Crippen molar-refractivity contribution in [1.29, 1.82) is 0 Å². The average Bonchev–Trinajstić information content (AvgIpc) is 2.55. The molecule has 1 unspecified atom stereocenters. The number of carbonyl (C=O) groups is 2. The first-order valence-corrected chi connectivity index (χ1v) is 8.02. The Kier molecular flexibility index (Phi) is 5.85. The van der Waals surface area contributed by atoms with Gasteiger partial charge in [0.2, 0.25) is 5.91 Å². The molecule has 0 aromatic heterocycles. The van der Waals surface area contributed by atoms with E-state index in [-0.39, 0.29) is 36.4 Å². The molecule has 0 saturated carbocycles. The molecule has 2 aromatic carbocycles. The van der Waals surface area contributed by atoms with Crippen LogP contribution in [-0.2, 0) is 4.79 Å². The smallest absolute Gasteiger partial charge is 0.220 e. The van der Waals surface area contributed by atoms with Crippen molar-refractivity contribution in [2.45, 2.75) is 39.7 Å². The summed E-state index contributed by atoms with van der Waals surface area (Å²) in [6.45, 7) is 5.66. The van der Waals surface area contributed by atoms with Crippen molar-refractivity contribution in [3.63, 3.8) is 0 Å². The summed E-state index contributed by atoms with van der Waals surface area (Å²) >= 11 is 0. The molecule has 0 aliphatic carbocycles. The molecule has 2 aromatic rings. The highest BCUT2D eigenvalue weighted by molar-refractivity contribution is 5.99. The first-order chi connectivity index (χ1) is 11.4. The number of aryl methyl sites for hydroxylation is 2. The van der Waals surface area contributed by atoms with Gasteiger partial charge in [-0.2, -0.15) is 0 Å². The Labute approximate surface area is 141 Å². The second-order valence-corrected chi connectivity index (χ2v) is 6.08. The highest BCUT2D eigenvalue weighted by atomic mass is 19.1. The van der Waals surface area contributed by atoms with Crippen LogP contribution in [-0.4, -0.2) is 11.7 Å². The maximum Gasteiger partial charge on any atom is 0.220 e. The number of hydrogen-bond donors (Lipinski definition) is 1. The summed E-state index contributed by atoms with van der Waals surface area (Å²) < 4.78 is 12.9. The standard InChI is InChI=1S/C20H22FNO2/c1-13-4-5-14(2)18(12-13)19(23)10-11-20(24)22-15(3)16-6-8-17(21)9-7-16/h4-9,12,15H,10-11H2,1-3H3,(H,22,24). The van der Waals surface area contributed by atoms with Crippen molar-refractivity contribution in [1.82, 2.24) is 5.32 Å². The highest BCUT2D eigenvalue weighted by Crippen LogP contribution is 2.15. The maximum absolute atomic E-state index is 12.9. The third kappa shape index (κ3) is 4.75. The number of nitrogens with one attached hydrogen (secondary N) is 1. The lowest BCUT2D eigenvalue weighted by molar-refractivity contribution is -0.121. The molecule has 24 heavy (non-hydrogen) atoms. The van der Waals surface area contributed by atoms with Crippen LogP contribution in [0.2, 0.25) is 0 Å². The van der Waals surface area contributed by atoms with E-state index in [1.165, 1.54) is 12.1 Å². The number of halogens is 1. The number of hydrogen-bond acceptors (Lipinski definition) is 2. The van der Waals surface area contributed by atoms with Crippen molar-refractivity contribution in [2.24, 2.45) is 0 Å². The molecule has 0 heterocycles. The Morgan fingerprint density at radius 2 is 1.71 bits per heavy atom. The summed E-state index contributed by atoms with van der Waals surface area (Å²) in [5.41, 5.74) is 3.45. The zero-order valence-electron chi connectivity index (χ0n) is 14.2. The topological polar surface area (TPSA) is 46.2 Å². The van der Waals surface area contributed by atoms with Crippen LogP contribution in [0.3, 0.4) is 0 Å². The Balaban J connectivity index is 1.89. The van der Waals surface area contributed by atoms with Gasteiger partial charge in [-0.3, -0.25) is 9.59 Å². The molecular formula is C20H22FNO2. The van der Waals surface area contributed by atoms with Gasteiger partial charge in [-0.15, -0.1) is 0 Å². The number of benzene rings is 2. The summed E-state index contributed by atoms with van der Waals surface area (Å²) in [5, 5.41) is 2.83. The molecular weight excluding hydrogens is 305 g/mol. The van der Waals surface area contributed by atoms with Crippen molar-refractivity contribution < 1.29 is 14.0 Å². The van der Waals surface area contributed by atoms with Gasteiger partial charge < -0.3 is 5.32 Å². The van der Waals surface area contributed by atoms with E-state index in [1.807, 2.05) is 39.0 Å². The molecule has 2 rings (SSSR count). The highest BCUT2D eigenvalue weighted by Gasteiger charge is 2.14. The van der Waals surface area contributed by atoms with Gasteiger partial charge in [0.1, 0.15) is 5.82 Å². The minimum Gasteiger partial charge on any atom is -0.350 e. The van der Waals surface area contributed by atoms with Crippen molar-refractivity contribution in [3.05, 3.63) is 70.5 Å². The van der Waals surface area contributed by atoms with E-state index >= 15 is 0 Å². The number of ketones is 1. The van der Waals surface area contributed by atoms with Crippen molar-refractivity contribution in [3.8, 4) is 0 Å². The number of amides is 1. The van der Waals surface area contributed by atoms with Gasteiger partial charge in [-0.05, 0) is 50.1 Å². The fourth-order valence-corrected chi connectivity index (χ4v) is 2.55. The van der Waals surface area contributed by atoms with Crippen LogP contribution in [0.25, 0.3) is 0 Å². The average molecular weight is 327 g/mol. The molecule has 0 aliphatic heterocycles. The number of rotatable bonds is 6. The van der Waals surface area contributed by atoms with Crippen LogP contribution in [0.5, 0.6) is 0 Å². The van der Waals surface area contributed by atoms with E-state index in [0.29, 0.717) is 5.56 Å². The number of Topliss-reactive ketones (excluding diaryl/α,β-unsaturated/α-hetero) is 1. The van der Waals surface area contributed by atoms with E-state index in [1.54, 1.807) is 12.1 Å². The third-order valence-electron chi connectivity index (χ3n) is 4.02. The molecule has 3 nitrogen and oxygen atoms in total. The molecule has 0 bridgehead atoms. The van der Waals surface area contributed by atoms with Gasteiger partial charge in [0.25, 0.3) is 0 Å². The van der Waals surface area contributed by atoms with Crippen molar-refractivity contribution >= 4 is 11.7 Å². The van der Waals surface area contributed by atoms with E-state index in [2.05, 4.69) is 5.32 Å². The Morgan fingerprint density at radius 1 is 1.04 bits per heavy atom. The fourth-order valence-electron chi connectivity index (χ4n) is 2.55. The van der Waals surface area contributed by atoms with Gasteiger partial charge in [0.15, 0.2) is 5.78 Å². The first-order valence-electron chi connectivity index (χ1n) is 8.02. The molecule has 1 N–H and O–H groups in total. The zero-order chi connectivity index (χ0) is 17.7.